The molecule has 0 aliphatic heterocycles. The molecule has 0 bridgehead atoms. The Labute approximate surface area is 256 Å². The fourth-order valence-electron chi connectivity index (χ4n) is 4.67. The van der Waals surface area contributed by atoms with Gasteiger partial charge >= 0.3 is 6.03 Å². The molecular weight excluding hydrogens is 583 g/mol. The van der Waals surface area contributed by atoms with Crippen molar-refractivity contribution in [2.45, 2.75) is 25.3 Å². The number of carbonyl (C=O) groups is 1. The van der Waals surface area contributed by atoms with Gasteiger partial charge in [-0.05, 0) is 29.2 Å². The lowest BCUT2D eigenvalue weighted by Crippen LogP contribution is -2.38. The first kappa shape index (κ1) is 30.1. The highest BCUT2D eigenvalue weighted by Gasteiger charge is 2.21. The zero-order valence-electron chi connectivity index (χ0n) is 23.2. The Bertz CT molecular complexity index is 1570. The summed E-state index contributed by atoms with van der Waals surface area (Å²) >= 11 is -1.22. The zero-order chi connectivity index (χ0) is 29.9. The van der Waals surface area contributed by atoms with Crippen LogP contribution >= 0.6 is 11.5 Å². The summed E-state index contributed by atoms with van der Waals surface area (Å²) < 4.78 is 28.2. The molecule has 1 unspecified atom stereocenters. The van der Waals surface area contributed by atoms with Crippen LogP contribution in [0.3, 0.4) is 0 Å². The van der Waals surface area contributed by atoms with Gasteiger partial charge < -0.3 is 9.45 Å². The van der Waals surface area contributed by atoms with Gasteiger partial charge in [0.1, 0.15) is 5.82 Å². The van der Waals surface area contributed by atoms with E-state index in [1.165, 1.54) is 11.1 Å². The second-order valence-corrected chi connectivity index (χ2v) is 11.2. The first-order valence-electron chi connectivity index (χ1n) is 13.7. The molecule has 0 fully saturated rings. The van der Waals surface area contributed by atoms with Crippen molar-refractivity contribution in [1.29, 1.82) is 0 Å². The van der Waals surface area contributed by atoms with E-state index in [0.29, 0.717) is 36.3 Å². The van der Waals surface area contributed by atoms with E-state index in [1.807, 2.05) is 48.5 Å². The molecule has 0 aliphatic carbocycles. The first-order valence-corrected chi connectivity index (χ1v) is 15.6. The van der Waals surface area contributed by atoms with E-state index in [-0.39, 0.29) is 18.5 Å². The maximum atomic E-state index is 13.6. The quantitative estimate of drug-likeness (QED) is 0.175. The van der Waals surface area contributed by atoms with Crippen molar-refractivity contribution in [1.82, 2.24) is 28.9 Å². The second-order valence-electron chi connectivity index (χ2n) is 9.67. The number of hydrogen-bond acceptors (Lipinski definition) is 8. The second kappa shape index (κ2) is 15.2. The smallest absolute Gasteiger partial charge is 0.323 e. The highest BCUT2D eigenvalue weighted by molar-refractivity contribution is 7.77. The predicted octanol–water partition coefficient (Wildman–Crippen LogP) is 5.18. The summed E-state index contributed by atoms with van der Waals surface area (Å²) in [6, 6.07) is 29.4. The number of anilines is 1. The van der Waals surface area contributed by atoms with E-state index >= 15 is 0 Å². The lowest BCUT2D eigenvalue weighted by Gasteiger charge is -2.26. The van der Waals surface area contributed by atoms with Gasteiger partial charge in [-0.15, -0.1) is 0 Å². The predicted molar refractivity (Wildman–Crippen MR) is 167 cm³/mol. The molecule has 0 saturated heterocycles. The molecule has 2 N–H and O–H groups in total. The zero-order valence-corrected chi connectivity index (χ0v) is 24.8. The maximum absolute atomic E-state index is 13.6. The lowest BCUT2D eigenvalue weighted by molar-refractivity contribution is 0.210. The fraction of sp³-hybridized carbons (Fsp3) is 0.194. The number of nitrogens with one attached hydrogen (secondary N) is 2. The molecule has 10 nitrogen and oxygen atoms in total. The van der Waals surface area contributed by atoms with Crippen LogP contribution in [0, 0.1) is 0 Å². The van der Waals surface area contributed by atoms with Crippen molar-refractivity contribution in [2.75, 3.05) is 18.4 Å². The largest absolute Gasteiger partial charge is 0.760 e. The Hall–Kier alpha value is -4.36. The van der Waals surface area contributed by atoms with Crippen molar-refractivity contribution < 1.29 is 13.6 Å². The van der Waals surface area contributed by atoms with Crippen molar-refractivity contribution in [2.24, 2.45) is 0 Å². The van der Waals surface area contributed by atoms with E-state index in [2.05, 4.69) is 53.6 Å². The summed E-state index contributed by atoms with van der Waals surface area (Å²) in [6.45, 7) is 1.13. The van der Waals surface area contributed by atoms with Crippen LogP contribution in [0.25, 0.3) is 11.4 Å². The minimum absolute atomic E-state index is 0.116. The molecular formula is C31H30N7O3S2-. The molecule has 220 valence electrons. The standard InChI is InChI=1S/C31H31N7O3S2/c39-31(36-30-35-29(37-42-30)26-14-12-23(13-15-26)22-34-43(40)41)38(21-17-28-32-18-7-19-33-28)20-16-27(24-8-3-1-4-9-24)25-10-5-2-6-11-25/h1-15,18-19,27,34H,16-17,20-22H2,(H,40,41)(H,35,36,37,39)/p-1. The molecule has 0 radical (unpaired) electrons. The Kier molecular flexibility index (Phi) is 10.6. The van der Waals surface area contributed by atoms with Gasteiger partial charge in [-0.25, -0.2) is 19.5 Å². The maximum Gasteiger partial charge on any atom is 0.323 e. The van der Waals surface area contributed by atoms with Crippen LogP contribution in [0.1, 0.15) is 34.9 Å². The molecule has 0 saturated carbocycles. The summed E-state index contributed by atoms with van der Waals surface area (Å²) in [5, 5.41) is 3.31. The topological polar surface area (TPSA) is 136 Å². The molecule has 2 heterocycles. The van der Waals surface area contributed by atoms with E-state index in [4.69, 9.17) is 0 Å². The van der Waals surface area contributed by atoms with Crippen LogP contribution in [0.15, 0.2) is 103 Å². The average molecular weight is 613 g/mol. The van der Waals surface area contributed by atoms with Crippen molar-refractivity contribution >= 4 is 34.0 Å². The summed E-state index contributed by atoms with van der Waals surface area (Å²) in [5.74, 6) is 1.26. The van der Waals surface area contributed by atoms with Gasteiger partial charge in [0.05, 0.1) is 0 Å². The molecule has 0 spiro atoms. The molecule has 0 aliphatic rings. The number of aromatic nitrogens is 4. The van der Waals surface area contributed by atoms with Crippen molar-refractivity contribution in [3.8, 4) is 11.4 Å². The van der Waals surface area contributed by atoms with E-state index in [9.17, 15) is 13.6 Å². The third-order valence-corrected chi connectivity index (χ3v) is 7.86. The normalized spacial score (nSPS) is 11.8. The number of amides is 2. The van der Waals surface area contributed by atoms with Crippen molar-refractivity contribution in [3.05, 3.63) is 126 Å². The minimum Gasteiger partial charge on any atom is -0.760 e. The van der Waals surface area contributed by atoms with Gasteiger partial charge in [0.15, 0.2) is 5.82 Å². The SMILES string of the molecule is O=C(Nc1nc(-c2ccc(CNS(=O)[O-])cc2)ns1)N(CCc1ncccn1)CCC(c1ccccc1)c1ccccc1. The first-order chi connectivity index (χ1) is 21.0. The highest BCUT2D eigenvalue weighted by Crippen LogP contribution is 2.28. The van der Waals surface area contributed by atoms with Crippen LogP contribution in [0.2, 0.25) is 0 Å². The van der Waals surface area contributed by atoms with Crippen LogP contribution < -0.4 is 10.0 Å². The third-order valence-electron chi connectivity index (χ3n) is 6.85. The summed E-state index contributed by atoms with van der Waals surface area (Å²) in [7, 11) is 0. The van der Waals surface area contributed by atoms with E-state index in [1.54, 1.807) is 35.5 Å². The van der Waals surface area contributed by atoms with Gasteiger partial charge in [0.25, 0.3) is 0 Å². The summed E-state index contributed by atoms with van der Waals surface area (Å²) in [6.07, 6.45) is 4.63. The van der Waals surface area contributed by atoms with Gasteiger partial charge in [-0.2, -0.15) is 9.36 Å². The molecule has 12 heteroatoms. The van der Waals surface area contributed by atoms with E-state index in [0.717, 1.165) is 29.1 Å². The Morgan fingerprint density at radius 3 is 2.16 bits per heavy atom. The number of rotatable bonds is 13. The Balaban J connectivity index is 1.29. The number of urea groups is 1. The molecule has 2 aromatic heterocycles. The molecule has 5 aromatic rings. The number of hydrogen-bond donors (Lipinski definition) is 2. The lowest BCUT2D eigenvalue weighted by atomic mass is 9.88. The fourth-order valence-corrected chi connectivity index (χ4v) is 5.53. The minimum atomic E-state index is -2.33. The number of nitrogens with zero attached hydrogens (tertiary/aromatic N) is 5. The number of carbonyl (C=O) groups excluding carboxylic acids is 1. The van der Waals surface area contributed by atoms with Crippen molar-refractivity contribution in [3.63, 3.8) is 0 Å². The Morgan fingerprint density at radius 1 is 0.884 bits per heavy atom. The molecule has 43 heavy (non-hydrogen) atoms. The number of benzene rings is 3. The van der Waals surface area contributed by atoms with Gasteiger partial charge in [-0.1, -0.05) is 84.9 Å². The molecule has 2 amide bonds. The summed E-state index contributed by atoms with van der Waals surface area (Å²) in [5.41, 5.74) is 3.95. The van der Waals surface area contributed by atoms with Gasteiger partial charge in [-0.3, -0.25) is 9.53 Å². The van der Waals surface area contributed by atoms with Crippen LogP contribution in [0.4, 0.5) is 9.93 Å². The monoisotopic (exact) mass is 612 g/mol. The molecule has 1 atom stereocenters. The van der Waals surface area contributed by atoms with Crippen LogP contribution in [-0.4, -0.2) is 52.1 Å². The Morgan fingerprint density at radius 2 is 1.53 bits per heavy atom. The van der Waals surface area contributed by atoms with Crippen LogP contribution in [0.5, 0.6) is 0 Å². The third kappa shape index (κ3) is 8.82. The average Bonchev–Trinajstić information content (AvgIpc) is 3.51. The van der Waals surface area contributed by atoms with Gasteiger partial charge in [0.2, 0.25) is 5.13 Å². The highest BCUT2D eigenvalue weighted by atomic mass is 32.2. The molecule has 5 rings (SSSR count). The summed E-state index contributed by atoms with van der Waals surface area (Å²) in [4.78, 5) is 28.5. The molecule has 3 aromatic carbocycles. The van der Waals surface area contributed by atoms with E-state index < -0.39 is 11.3 Å². The van der Waals surface area contributed by atoms with Gasteiger partial charge in [0, 0.05) is 72.7 Å². The van der Waals surface area contributed by atoms with Crippen LogP contribution in [-0.2, 0) is 24.2 Å².